The van der Waals surface area contributed by atoms with Gasteiger partial charge in [-0.25, -0.2) is 13.2 Å². The number of halogens is 4. The molecule has 26 heavy (non-hydrogen) atoms. The first-order chi connectivity index (χ1) is 12.3. The second-order valence-electron chi connectivity index (χ2n) is 5.18. The highest BCUT2D eigenvalue weighted by molar-refractivity contribution is 9.10. The summed E-state index contributed by atoms with van der Waals surface area (Å²) >= 11 is 3.28. The van der Waals surface area contributed by atoms with E-state index in [1.807, 2.05) is 5.32 Å². The summed E-state index contributed by atoms with van der Waals surface area (Å²) in [5.41, 5.74) is -0.527. The fraction of sp³-hybridized carbons (Fsp3) is 0.176. The molecule has 2 amide bonds. The first-order valence-corrected chi connectivity index (χ1v) is 8.21. The molecule has 0 saturated heterocycles. The van der Waals surface area contributed by atoms with Crippen molar-refractivity contribution < 1.29 is 27.5 Å². The molecule has 0 aromatic heterocycles. The summed E-state index contributed by atoms with van der Waals surface area (Å²) in [6, 6.07) is 8.47. The Balaban J connectivity index is 1.88. The number of rotatable bonds is 6. The van der Waals surface area contributed by atoms with E-state index in [-0.39, 0.29) is 0 Å². The van der Waals surface area contributed by atoms with Crippen molar-refractivity contribution in [2.24, 2.45) is 0 Å². The fourth-order valence-electron chi connectivity index (χ4n) is 1.91. The number of carbonyl (C=O) groups excluding carboxylic acids is 2. The molecule has 2 rings (SSSR count). The molecule has 5 nitrogen and oxygen atoms in total. The Hall–Kier alpha value is -2.55. The van der Waals surface area contributed by atoms with Crippen molar-refractivity contribution in [1.29, 1.82) is 0 Å². The van der Waals surface area contributed by atoms with Gasteiger partial charge in [-0.05, 0) is 47.1 Å². The van der Waals surface area contributed by atoms with Crippen molar-refractivity contribution in [2.45, 2.75) is 13.0 Å². The molecule has 0 aliphatic rings. The third-order valence-electron chi connectivity index (χ3n) is 3.24. The number of amides is 2. The number of benzene rings is 2. The van der Waals surface area contributed by atoms with Crippen LogP contribution in [0.2, 0.25) is 0 Å². The van der Waals surface area contributed by atoms with E-state index < -0.39 is 47.6 Å². The SMILES string of the molecule is CC(Oc1ccccc1Br)C(=O)NCC(=O)Nc1ccc(F)c(F)c1F. The van der Waals surface area contributed by atoms with Gasteiger partial charge in [0.25, 0.3) is 5.91 Å². The van der Waals surface area contributed by atoms with Gasteiger partial charge < -0.3 is 15.4 Å². The molecular formula is C17H14BrF3N2O3. The molecule has 0 bridgehead atoms. The Labute approximate surface area is 155 Å². The monoisotopic (exact) mass is 430 g/mol. The van der Waals surface area contributed by atoms with Crippen molar-refractivity contribution >= 4 is 33.4 Å². The molecule has 138 valence electrons. The van der Waals surface area contributed by atoms with Gasteiger partial charge in [0.1, 0.15) is 5.75 Å². The largest absolute Gasteiger partial charge is 0.480 e. The van der Waals surface area contributed by atoms with Crippen LogP contribution in [0.5, 0.6) is 5.75 Å². The van der Waals surface area contributed by atoms with Crippen LogP contribution < -0.4 is 15.4 Å². The molecule has 0 spiro atoms. The zero-order chi connectivity index (χ0) is 19.3. The molecule has 1 unspecified atom stereocenters. The van der Waals surface area contributed by atoms with E-state index in [0.717, 1.165) is 6.07 Å². The second kappa shape index (κ2) is 8.70. The molecule has 2 N–H and O–H groups in total. The highest BCUT2D eigenvalue weighted by Gasteiger charge is 2.18. The molecule has 0 fully saturated rings. The van der Waals surface area contributed by atoms with Gasteiger partial charge in [0.05, 0.1) is 16.7 Å². The highest BCUT2D eigenvalue weighted by atomic mass is 79.9. The van der Waals surface area contributed by atoms with Gasteiger partial charge in [-0.15, -0.1) is 0 Å². The number of carbonyl (C=O) groups is 2. The zero-order valence-corrected chi connectivity index (χ0v) is 15.1. The first-order valence-electron chi connectivity index (χ1n) is 7.42. The standard InChI is InChI=1S/C17H14BrF3N2O3/c1-9(26-13-5-3-2-4-10(13)18)17(25)22-8-14(24)23-12-7-6-11(19)15(20)16(12)21/h2-7,9H,8H2,1H3,(H,22,25)(H,23,24). The highest BCUT2D eigenvalue weighted by Crippen LogP contribution is 2.24. The number of anilines is 1. The first kappa shape index (κ1) is 19.8. The predicted octanol–water partition coefficient (Wildman–Crippen LogP) is 3.39. The maximum atomic E-state index is 13.5. The summed E-state index contributed by atoms with van der Waals surface area (Å²) in [6.07, 6.45) is -0.901. The van der Waals surface area contributed by atoms with Crippen molar-refractivity contribution in [3.8, 4) is 5.75 Å². The molecule has 1 atom stereocenters. The van der Waals surface area contributed by atoms with Crippen LogP contribution in [0.3, 0.4) is 0 Å². The molecule has 2 aromatic rings. The van der Waals surface area contributed by atoms with Crippen molar-refractivity contribution in [2.75, 3.05) is 11.9 Å². The topological polar surface area (TPSA) is 67.4 Å². The van der Waals surface area contributed by atoms with E-state index in [2.05, 4.69) is 21.2 Å². The van der Waals surface area contributed by atoms with Gasteiger partial charge in [-0.3, -0.25) is 9.59 Å². The van der Waals surface area contributed by atoms with Crippen molar-refractivity contribution in [1.82, 2.24) is 5.32 Å². The number of nitrogens with one attached hydrogen (secondary N) is 2. The van der Waals surface area contributed by atoms with Crippen LogP contribution in [0, 0.1) is 17.5 Å². The van der Waals surface area contributed by atoms with Crippen molar-refractivity contribution in [3.05, 3.63) is 58.3 Å². The average molecular weight is 431 g/mol. The number of para-hydroxylation sites is 1. The molecule has 0 heterocycles. The van der Waals surface area contributed by atoms with Gasteiger partial charge in [0, 0.05) is 0 Å². The Morgan fingerprint density at radius 3 is 2.50 bits per heavy atom. The summed E-state index contributed by atoms with van der Waals surface area (Å²) in [7, 11) is 0. The Kier molecular flexibility index (Phi) is 6.62. The van der Waals surface area contributed by atoms with E-state index in [1.165, 1.54) is 6.92 Å². The quantitative estimate of drug-likeness (QED) is 0.690. The Morgan fingerprint density at radius 2 is 1.81 bits per heavy atom. The Morgan fingerprint density at radius 1 is 1.12 bits per heavy atom. The lowest BCUT2D eigenvalue weighted by molar-refractivity contribution is -0.129. The number of ether oxygens (including phenoxy) is 1. The minimum atomic E-state index is -1.69. The van der Waals surface area contributed by atoms with E-state index in [4.69, 9.17) is 4.74 Å². The summed E-state index contributed by atoms with van der Waals surface area (Å²) < 4.78 is 45.6. The molecule has 0 aliphatic carbocycles. The third kappa shape index (κ3) is 4.98. The summed E-state index contributed by atoms with van der Waals surface area (Å²) in [5.74, 6) is -5.52. The van der Waals surface area contributed by atoms with Gasteiger partial charge in [0.15, 0.2) is 23.6 Å². The molecule has 0 saturated carbocycles. The van der Waals surface area contributed by atoms with Crippen LogP contribution in [0.25, 0.3) is 0 Å². The maximum Gasteiger partial charge on any atom is 0.261 e. The number of hydrogen-bond donors (Lipinski definition) is 2. The van der Waals surface area contributed by atoms with E-state index in [0.29, 0.717) is 16.3 Å². The van der Waals surface area contributed by atoms with Gasteiger partial charge in [-0.1, -0.05) is 12.1 Å². The van der Waals surface area contributed by atoms with Crippen LogP contribution in [-0.4, -0.2) is 24.5 Å². The number of hydrogen-bond acceptors (Lipinski definition) is 3. The zero-order valence-electron chi connectivity index (χ0n) is 13.5. The summed E-state index contributed by atoms with van der Waals surface area (Å²) in [6.45, 7) is 0.989. The van der Waals surface area contributed by atoms with Crippen LogP contribution in [0.15, 0.2) is 40.9 Å². The van der Waals surface area contributed by atoms with E-state index in [1.54, 1.807) is 24.3 Å². The van der Waals surface area contributed by atoms with Crippen LogP contribution in [0.4, 0.5) is 18.9 Å². The average Bonchev–Trinajstić information content (AvgIpc) is 2.62. The van der Waals surface area contributed by atoms with Crippen LogP contribution in [0.1, 0.15) is 6.92 Å². The molecular weight excluding hydrogens is 417 g/mol. The minimum Gasteiger partial charge on any atom is -0.480 e. The van der Waals surface area contributed by atoms with Crippen LogP contribution in [-0.2, 0) is 9.59 Å². The molecule has 2 aromatic carbocycles. The second-order valence-corrected chi connectivity index (χ2v) is 6.03. The molecule has 0 aliphatic heterocycles. The fourth-order valence-corrected chi connectivity index (χ4v) is 2.29. The Bertz CT molecular complexity index is 833. The third-order valence-corrected chi connectivity index (χ3v) is 3.90. The van der Waals surface area contributed by atoms with E-state index >= 15 is 0 Å². The smallest absolute Gasteiger partial charge is 0.261 e. The normalized spacial score (nSPS) is 11.6. The van der Waals surface area contributed by atoms with Crippen molar-refractivity contribution in [3.63, 3.8) is 0 Å². The van der Waals surface area contributed by atoms with Gasteiger partial charge in [0.2, 0.25) is 5.91 Å². The van der Waals surface area contributed by atoms with E-state index in [9.17, 15) is 22.8 Å². The minimum absolute atomic E-state index is 0.448. The van der Waals surface area contributed by atoms with Crippen LogP contribution >= 0.6 is 15.9 Å². The predicted molar refractivity (Wildman–Crippen MR) is 92.2 cm³/mol. The lowest BCUT2D eigenvalue weighted by Gasteiger charge is -2.15. The lowest BCUT2D eigenvalue weighted by atomic mass is 10.2. The lowest BCUT2D eigenvalue weighted by Crippen LogP contribution is -2.40. The molecule has 9 heteroatoms. The molecule has 0 radical (unpaired) electrons. The van der Waals surface area contributed by atoms with Gasteiger partial charge >= 0.3 is 0 Å². The summed E-state index contributed by atoms with van der Waals surface area (Å²) in [5, 5.41) is 4.35. The maximum absolute atomic E-state index is 13.5. The summed E-state index contributed by atoms with van der Waals surface area (Å²) in [4.78, 5) is 23.7. The van der Waals surface area contributed by atoms with Gasteiger partial charge in [-0.2, -0.15) is 0 Å².